The number of nitrogens with one attached hydrogen (secondary N) is 6. The van der Waals surface area contributed by atoms with Gasteiger partial charge in [-0.25, -0.2) is 14.4 Å². The van der Waals surface area contributed by atoms with Gasteiger partial charge in [0, 0.05) is 87.9 Å². The number of rotatable bonds is 21. The lowest BCUT2D eigenvalue weighted by Crippen LogP contribution is -2.35. The Morgan fingerprint density at radius 1 is 0.440 bits per heavy atom. The zero-order valence-corrected chi connectivity index (χ0v) is 54.7. The van der Waals surface area contributed by atoms with Crippen LogP contribution in [0.25, 0.3) is 33.8 Å². The minimum Gasteiger partial charge on any atom is -0.507 e. The maximum absolute atomic E-state index is 12.8. The lowest BCUT2D eigenvalue weighted by Gasteiger charge is -2.25. The third-order valence-electron chi connectivity index (χ3n) is 18.2. The predicted molar refractivity (Wildman–Crippen MR) is 356 cm³/mol. The van der Waals surface area contributed by atoms with Crippen LogP contribution in [0, 0.1) is 17.8 Å². The van der Waals surface area contributed by atoms with Crippen LogP contribution in [-0.4, -0.2) is 99.1 Å². The molecule has 0 radical (unpaired) electrons. The molecule has 4 aliphatic carbocycles. The van der Waals surface area contributed by atoms with Crippen LogP contribution in [-0.2, 0) is 14.4 Å². The Labute approximate surface area is 535 Å². The summed E-state index contributed by atoms with van der Waals surface area (Å²) in [5, 5.41) is 62.6. The molecule has 4 fully saturated rings. The number of benzene rings is 3. The first-order chi connectivity index (χ1) is 43.8. The van der Waals surface area contributed by atoms with Crippen molar-refractivity contribution >= 4 is 52.9 Å². The zero-order chi connectivity index (χ0) is 65.5. The number of aromatic nitrogens is 6. The van der Waals surface area contributed by atoms with Gasteiger partial charge < -0.3 is 47.2 Å². The Bertz CT molecular complexity index is 3480. The molecule has 4 saturated carbocycles. The van der Waals surface area contributed by atoms with Gasteiger partial charge in [-0.15, -0.1) is 0 Å². The molecule has 0 atom stereocenters. The molecule has 91 heavy (non-hydrogen) atoms. The summed E-state index contributed by atoms with van der Waals surface area (Å²) in [5.74, 6) is 0.844. The van der Waals surface area contributed by atoms with Gasteiger partial charge in [-0.3, -0.25) is 14.4 Å². The van der Waals surface area contributed by atoms with E-state index in [1.54, 1.807) is 54.6 Å². The average Bonchev–Trinajstić information content (AvgIpc) is 1.69. The summed E-state index contributed by atoms with van der Waals surface area (Å²) in [6.07, 6.45) is 18.6. The maximum atomic E-state index is 12.8. The molecule has 10 rings (SSSR count). The summed E-state index contributed by atoms with van der Waals surface area (Å²) < 4.78 is 4.34. The lowest BCUT2D eigenvalue weighted by molar-refractivity contribution is -0.120. The second-order valence-corrected chi connectivity index (χ2v) is 25.1. The van der Waals surface area contributed by atoms with E-state index >= 15 is 0 Å². The van der Waals surface area contributed by atoms with Crippen LogP contribution in [0.3, 0.4) is 0 Å². The normalized spacial score (nSPS) is 15.0. The summed E-state index contributed by atoms with van der Waals surface area (Å²) in [6.45, 7) is 18.2. The van der Waals surface area contributed by atoms with Crippen molar-refractivity contribution in [2.75, 3.05) is 22.5 Å². The summed E-state index contributed by atoms with van der Waals surface area (Å²) in [7, 11) is 0. The van der Waals surface area contributed by atoms with Crippen molar-refractivity contribution < 1.29 is 44.1 Å². The first-order valence-electron chi connectivity index (χ1n) is 33.4. The fraction of sp³-hybridized carbons (Fsp3) is 0.529. The number of anilines is 3. The molecular weight excluding hydrogens is 1150 g/mol. The predicted octanol–water partition coefficient (Wildman–Crippen LogP) is 14.7. The van der Waals surface area contributed by atoms with Crippen LogP contribution in [0.4, 0.5) is 31.4 Å². The van der Waals surface area contributed by atoms with E-state index < -0.39 is 0 Å². The van der Waals surface area contributed by atoms with E-state index in [9.17, 15) is 44.1 Å². The highest BCUT2D eigenvalue weighted by atomic mass is 16.3. The summed E-state index contributed by atoms with van der Waals surface area (Å²) >= 11 is 0. The number of carbonyl (C=O) groups excluding carboxylic acids is 6. The van der Waals surface area contributed by atoms with Crippen molar-refractivity contribution in [1.82, 2.24) is 45.3 Å². The lowest BCUT2D eigenvalue weighted by atomic mass is 9.82. The van der Waals surface area contributed by atoms with Crippen molar-refractivity contribution in [1.29, 1.82) is 0 Å². The number of phenolic OH excluding ortho intramolecular Hbond substituents is 3. The molecule has 3 aromatic heterocycles. The molecule has 490 valence electrons. The van der Waals surface area contributed by atoms with Crippen molar-refractivity contribution in [3.8, 4) is 51.0 Å². The first kappa shape index (κ1) is 68.4. The van der Waals surface area contributed by atoms with Crippen LogP contribution in [0.15, 0.2) is 72.8 Å². The van der Waals surface area contributed by atoms with Gasteiger partial charge in [0.25, 0.3) is 0 Å². The summed E-state index contributed by atoms with van der Waals surface area (Å²) in [5.41, 5.74) is 7.56. The van der Waals surface area contributed by atoms with Crippen LogP contribution in [0.5, 0.6) is 17.2 Å². The SMILES string of the molecule is CCC(CC)C(=O)Nc1ccc(O)c(-c2cc(C3CCC3)n(C(=O)NC3CC3)n2)c1.CCC(CC)C(=O)Nc1ccc(O)c(-c2cc(C3CCCC3)n(C(=O)NC(C)C)n2)c1.CCNC(=O)n1nc(-c2cc(NC(=O)C(CC)CC)ccc2O)cc1C1CCCC1. The quantitative estimate of drug-likeness (QED) is 0.0304. The van der Waals surface area contributed by atoms with E-state index in [-0.39, 0.29) is 94.7 Å². The van der Waals surface area contributed by atoms with Gasteiger partial charge in [-0.05, 0) is 183 Å². The third-order valence-corrected chi connectivity index (χ3v) is 18.2. The number of hydrogen-bond acceptors (Lipinski definition) is 12. The molecule has 0 aliphatic heterocycles. The van der Waals surface area contributed by atoms with Crippen molar-refractivity contribution in [2.45, 2.75) is 214 Å². The Hall–Kier alpha value is -8.49. The number of nitrogens with zero attached hydrogens (tertiary/aromatic N) is 6. The Morgan fingerprint density at radius 2 is 0.758 bits per heavy atom. The molecule has 6 amide bonds. The molecular formula is C70H96N12O9. The number of amides is 6. The molecule has 0 bridgehead atoms. The molecule has 0 spiro atoms. The smallest absolute Gasteiger partial charge is 0.342 e. The van der Waals surface area contributed by atoms with Crippen molar-refractivity contribution in [3.63, 3.8) is 0 Å². The number of carbonyl (C=O) groups is 6. The first-order valence-corrected chi connectivity index (χ1v) is 33.4. The molecule has 9 N–H and O–H groups in total. The molecule has 4 aliphatic rings. The van der Waals surface area contributed by atoms with Gasteiger partial charge in [-0.2, -0.15) is 29.3 Å². The minimum atomic E-state index is -0.263. The zero-order valence-electron chi connectivity index (χ0n) is 54.7. The molecule has 0 unspecified atom stereocenters. The average molecular weight is 1250 g/mol. The largest absolute Gasteiger partial charge is 0.507 e. The molecule has 0 saturated heterocycles. The van der Waals surface area contributed by atoms with E-state index in [4.69, 9.17) is 0 Å². The Balaban J connectivity index is 0.000000176. The van der Waals surface area contributed by atoms with Gasteiger partial charge >= 0.3 is 18.1 Å². The van der Waals surface area contributed by atoms with Crippen LogP contribution in [0.2, 0.25) is 0 Å². The van der Waals surface area contributed by atoms with Crippen molar-refractivity contribution in [3.05, 3.63) is 89.9 Å². The minimum absolute atomic E-state index is 0.00593. The second-order valence-electron chi connectivity index (χ2n) is 25.1. The van der Waals surface area contributed by atoms with E-state index in [2.05, 4.69) is 47.2 Å². The van der Waals surface area contributed by atoms with Crippen molar-refractivity contribution in [2.24, 2.45) is 17.8 Å². The molecule has 21 nitrogen and oxygen atoms in total. The highest BCUT2D eigenvalue weighted by Gasteiger charge is 2.32. The van der Waals surface area contributed by atoms with Gasteiger partial charge in [0.1, 0.15) is 17.2 Å². The van der Waals surface area contributed by atoms with Gasteiger partial charge in [0.05, 0.1) is 34.2 Å². The van der Waals surface area contributed by atoms with Crippen LogP contribution in [0.1, 0.15) is 219 Å². The second kappa shape index (κ2) is 32.0. The summed E-state index contributed by atoms with van der Waals surface area (Å²) in [4.78, 5) is 75.5. The molecule has 6 aromatic rings. The van der Waals surface area contributed by atoms with Gasteiger partial charge in [0.15, 0.2) is 0 Å². The highest BCUT2D eigenvalue weighted by Crippen LogP contribution is 2.42. The molecule has 3 heterocycles. The number of phenols is 3. The standard InChI is InChI=1S/C24H34N4O3.C23H30N4O3.C23H32N4O3/c1-5-16(6-2)23(30)26-18-11-12-22(29)19(13-18)20-14-21(17-9-7-8-10-17)28(27-20)24(31)25-15(3)4;1-3-14(4-2)22(29)24-17-10-11-21(28)18(12-17)19-13-20(15-6-5-7-15)27(26-19)23(30)25-16-8-9-16;1-4-15(5-2)22(29)25-17-11-12-21(28)18(13-17)19-14-20(16-9-7-8-10-16)27(26-19)23(30)24-6-3/h11-17,29H,5-10H2,1-4H3,(H,25,31)(H,26,30);10-16,28H,3-9H2,1-2H3,(H,24,29)(H,25,30);11-16,28H,4-10H2,1-3H3,(H,24,30)(H,25,29). The molecule has 3 aromatic carbocycles. The fourth-order valence-electron chi connectivity index (χ4n) is 12.3. The number of hydrogen-bond donors (Lipinski definition) is 9. The van der Waals surface area contributed by atoms with E-state index in [1.165, 1.54) is 14.0 Å². The van der Waals surface area contributed by atoms with Crippen LogP contribution >= 0.6 is 0 Å². The molecule has 21 heteroatoms. The Morgan fingerprint density at radius 3 is 1.04 bits per heavy atom. The Kier molecular flexibility index (Phi) is 24.1. The highest BCUT2D eigenvalue weighted by molar-refractivity contribution is 5.95. The topological polar surface area (TPSA) is 289 Å². The maximum Gasteiger partial charge on any atom is 0.342 e. The fourth-order valence-corrected chi connectivity index (χ4v) is 12.3. The van der Waals surface area contributed by atoms with E-state index in [1.807, 2.05) is 80.5 Å². The monoisotopic (exact) mass is 1250 g/mol. The van der Waals surface area contributed by atoms with Gasteiger partial charge in [0.2, 0.25) is 17.7 Å². The summed E-state index contributed by atoms with van der Waals surface area (Å²) in [6, 6.07) is 20.1. The third kappa shape index (κ3) is 17.3. The number of aromatic hydroxyl groups is 3. The van der Waals surface area contributed by atoms with Crippen LogP contribution < -0.4 is 31.9 Å². The van der Waals surface area contributed by atoms with E-state index in [0.717, 1.165) is 139 Å². The van der Waals surface area contributed by atoms with Gasteiger partial charge in [-0.1, -0.05) is 73.6 Å². The van der Waals surface area contributed by atoms with E-state index in [0.29, 0.717) is 63.3 Å².